The van der Waals surface area contributed by atoms with Gasteiger partial charge in [-0.1, -0.05) is 53.0 Å². The van der Waals surface area contributed by atoms with Crippen molar-refractivity contribution in [2.75, 3.05) is 6.54 Å². The summed E-state index contributed by atoms with van der Waals surface area (Å²) < 4.78 is 2.05. The third-order valence-corrected chi connectivity index (χ3v) is 6.62. The fourth-order valence-electron chi connectivity index (χ4n) is 4.11. The zero-order valence-corrected chi connectivity index (χ0v) is 20.7. The van der Waals surface area contributed by atoms with Gasteiger partial charge in [-0.2, -0.15) is 0 Å². The summed E-state index contributed by atoms with van der Waals surface area (Å²) in [6.07, 6.45) is 2.67. The van der Waals surface area contributed by atoms with E-state index in [4.69, 9.17) is 34.8 Å². The van der Waals surface area contributed by atoms with Crippen LogP contribution in [-0.2, 0) is 13.1 Å². The van der Waals surface area contributed by atoms with Crippen LogP contribution in [0.5, 0.6) is 0 Å². The van der Waals surface area contributed by atoms with Gasteiger partial charge in [-0.15, -0.1) is 10.2 Å². The van der Waals surface area contributed by atoms with Crippen molar-refractivity contribution in [2.24, 2.45) is 0 Å². The maximum Gasteiger partial charge on any atom is 0.274 e. The molecule has 0 bridgehead atoms. The van der Waals surface area contributed by atoms with E-state index in [0.717, 1.165) is 41.8 Å². The van der Waals surface area contributed by atoms with Crippen LogP contribution in [0, 0.1) is 17.0 Å². The van der Waals surface area contributed by atoms with Gasteiger partial charge < -0.3 is 14.8 Å². The predicted octanol–water partition coefficient (Wildman–Crippen LogP) is 5.60. The maximum absolute atomic E-state index is 11.4. The Hall–Kier alpha value is -2.81. The second-order valence-electron chi connectivity index (χ2n) is 8.06. The molecule has 3 aromatic rings. The van der Waals surface area contributed by atoms with Gasteiger partial charge in [0.25, 0.3) is 6.20 Å². The monoisotopic (exact) mass is 520 g/mol. The van der Waals surface area contributed by atoms with Crippen LogP contribution in [-0.4, -0.2) is 31.1 Å². The number of hydrogen-bond acceptors (Lipinski definition) is 6. The molecule has 1 aliphatic heterocycles. The summed E-state index contributed by atoms with van der Waals surface area (Å²) in [7, 11) is 0. The van der Waals surface area contributed by atoms with Gasteiger partial charge in [0.05, 0.1) is 17.5 Å². The molecule has 0 aliphatic carbocycles. The summed E-state index contributed by atoms with van der Waals surface area (Å²) in [6.45, 7) is 3.45. The fourth-order valence-corrected chi connectivity index (χ4v) is 4.71. The SMILES string of the molecule is Cc1nnc([C@H]2CCCN2/C(=C/[N+](=O)[O-])NCc2ccc(Cl)cc2Cl)n1Cc1ccc(Cl)cc1. The van der Waals surface area contributed by atoms with Crippen LogP contribution in [0.3, 0.4) is 0 Å². The molecule has 1 atom stereocenters. The van der Waals surface area contributed by atoms with Crippen molar-refractivity contribution in [3.8, 4) is 0 Å². The molecule has 1 aromatic heterocycles. The number of rotatable bonds is 8. The van der Waals surface area contributed by atoms with Gasteiger partial charge in [0.2, 0.25) is 0 Å². The van der Waals surface area contributed by atoms with Crippen LogP contribution in [0.1, 0.15) is 41.7 Å². The number of nitro groups is 1. The molecule has 1 fully saturated rings. The lowest BCUT2D eigenvalue weighted by molar-refractivity contribution is -0.404. The highest BCUT2D eigenvalue weighted by Gasteiger charge is 2.33. The van der Waals surface area contributed by atoms with Crippen LogP contribution >= 0.6 is 34.8 Å². The number of likely N-dealkylation sites (tertiary alicyclic amines) is 1. The van der Waals surface area contributed by atoms with Crippen LogP contribution in [0.25, 0.3) is 0 Å². The smallest absolute Gasteiger partial charge is 0.274 e. The molecular weight excluding hydrogens is 499 g/mol. The van der Waals surface area contributed by atoms with Gasteiger partial charge in [0.15, 0.2) is 11.6 Å². The van der Waals surface area contributed by atoms with Crippen molar-refractivity contribution in [1.29, 1.82) is 0 Å². The molecule has 1 aliphatic rings. The normalized spacial score (nSPS) is 16.2. The van der Waals surface area contributed by atoms with Gasteiger partial charge in [-0.3, -0.25) is 10.1 Å². The van der Waals surface area contributed by atoms with E-state index in [1.807, 2.05) is 40.7 Å². The number of benzene rings is 2. The van der Waals surface area contributed by atoms with E-state index in [1.54, 1.807) is 18.2 Å². The van der Waals surface area contributed by atoms with Gasteiger partial charge in [0.1, 0.15) is 5.82 Å². The van der Waals surface area contributed by atoms with Crippen molar-refractivity contribution in [3.05, 3.63) is 102 Å². The molecule has 1 saturated heterocycles. The summed E-state index contributed by atoms with van der Waals surface area (Å²) in [6, 6.07) is 12.7. The van der Waals surface area contributed by atoms with Gasteiger partial charge in [0, 0.05) is 28.2 Å². The zero-order valence-electron chi connectivity index (χ0n) is 18.4. The first-order valence-electron chi connectivity index (χ1n) is 10.8. The van der Waals surface area contributed by atoms with E-state index in [0.29, 0.717) is 40.5 Å². The van der Waals surface area contributed by atoms with E-state index in [1.165, 1.54) is 0 Å². The van der Waals surface area contributed by atoms with E-state index < -0.39 is 4.92 Å². The minimum absolute atomic E-state index is 0.159. The first-order chi connectivity index (χ1) is 16.3. The lowest BCUT2D eigenvalue weighted by Gasteiger charge is -2.28. The quantitative estimate of drug-likeness (QED) is 0.307. The topological polar surface area (TPSA) is 89.1 Å². The second-order valence-corrected chi connectivity index (χ2v) is 9.34. The molecule has 8 nitrogen and oxygen atoms in total. The van der Waals surface area contributed by atoms with Crippen molar-refractivity contribution >= 4 is 34.8 Å². The number of halogens is 3. The highest BCUT2D eigenvalue weighted by molar-refractivity contribution is 6.35. The molecule has 1 N–H and O–H groups in total. The highest BCUT2D eigenvalue weighted by Crippen LogP contribution is 2.34. The Labute approximate surface area is 212 Å². The lowest BCUT2D eigenvalue weighted by Crippen LogP contribution is -2.33. The number of aryl methyl sites for hydroxylation is 1. The molecular formula is C23H23Cl3N6O2. The largest absolute Gasteiger partial charge is 0.362 e. The number of nitrogens with one attached hydrogen (secondary N) is 1. The molecule has 11 heteroatoms. The van der Waals surface area contributed by atoms with Gasteiger partial charge >= 0.3 is 0 Å². The third-order valence-electron chi connectivity index (χ3n) is 5.78. The first-order valence-corrected chi connectivity index (χ1v) is 11.9. The van der Waals surface area contributed by atoms with E-state index in [-0.39, 0.29) is 6.04 Å². The Bertz CT molecular complexity index is 1210. The molecule has 0 unspecified atom stereocenters. The summed E-state index contributed by atoms with van der Waals surface area (Å²) in [5, 5.41) is 25.1. The van der Waals surface area contributed by atoms with Crippen LogP contribution in [0.2, 0.25) is 15.1 Å². The first kappa shape index (κ1) is 24.3. The molecule has 0 amide bonds. The molecule has 2 heterocycles. The highest BCUT2D eigenvalue weighted by atomic mass is 35.5. The van der Waals surface area contributed by atoms with E-state index >= 15 is 0 Å². The van der Waals surface area contributed by atoms with Crippen molar-refractivity contribution in [1.82, 2.24) is 25.0 Å². The van der Waals surface area contributed by atoms with Crippen LogP contribution < -0.4 is 5.32 Å². The minimum atomic E-state index is -0.454. The van der Waals surface area contributed by atoms with Gasteiger partial charge in [-0.25, -0.2) is 0 Å². The number of aromatic nitrogens is 3. The average Bonchev–Trinajstić information content (AvgIpc) is 3.40. The Kier molecular flexibility index (Phi) is 7.60. The van der Waals surface area contributed by atoms with Crippen LogP contribution in [0.15, 0.2) is 54.5 Å². The summed E-state index contributed by atoms with van der Waals surface area (Å²) >= 11 is 18.3. The van der Waals surface area contributed by atoms with Crippen LogP contribution in [0.4, 0.5) is 0 Å². The Morgan fingerprint density at radius 2 is 1.91 bits per heavy atom. The van der Waals surface area contributed by atoms with Gasteiger partial charge in [-0.05, 0) is 55.2 Å². The van der Waals surface area contributed by atoms with Crippen molar-refractivity contribution in [2.45, 2.75) is 38.9 Å². The maximum atomic E-state index is 11.4. The van der Waals surface area contributed by atoms with E-state index in [9.17, 15) is 10.1 Å². The molecule has 2 aromatic carbocycles. The third kappa shape index (κ3) is 5.63. The summed E-state index contributed by atoms with van der Waals surface area (Å²) in [4.78, 5) is 13.0. The number of nitrogens with zero attached hydrogens (tertiary/aromatic N) is 5. The van der Waals surface area contributed by atoms with E-state index in [2.05, 4.69) is 15.5 Å². The fraction of sp³-hybridized carbons (Fsp3) is 0.304. The molecule has 0 radical (unpaired) electrons. The Morgan fingerprint density at radius 3 is 2.62 bits per heavy atom. The second kappa shape index (κ2) is 10.6. The Morgan fingerprint density at radius 1 is 1.18 bits per heavy atom. The minimum Gasteiger partial charge on any atom is -0.362 e. The summed E-state index contributed by atoms with van der Waals surface area (Å²) in [5.74, 6) is 1.94. The average molecular weight is 522 g/mol. The zero-order chi connectivity index (χ0) is 24.2. The predicted molar refractivity (Wildman–Crippen MR) is 132 cm³/mol. The van der Waals surface area contributed by atoms with Crippen molar-refractivity contribution in [3.63, 3.8) is 0 Å². The standard InChI is InChI=1S/C23H23Cl3N6O2/c1-15-28-29-23(31(15)13-16-4-7-18(24)8-5-16)21-3-2-10-30(21)22(14-32(33)34)27-12-17-6-9-19(25)11-20(17)26/h4-9,11,14,21,27H,2-3,10,12-13H2,1H3/b22-14+/t21-/m1/s1. The molecule has 178 valence electrons. The summed E-state index contributed by atoms with van der Waals surface area (Å²) in [5.41, 5.74) is 1.85. The lowest BCUT2D eigenvalue weighted by atomic mass is 10.2. The molecule has 4 rings (SSSR count). The molecule has 0 spiro atoms. The Balaban J connectivity index is 1.59. The number of hydrogen-bond donors (Lipinski definition) is 1. The molecule has 34 heavy (non-hydrogen) atoms. The molecule has 0 saturated carbocycles. The van der Waals surface area contributed by atoms with Crippen molar-refractivity contribution < 1.29 is 4.92 Å².